The zero-order chi connectivity index (χ0) is 14.0. The summed E-state index contributed by atoms with van der Waals surface area (Å²) >= 11 is 0. The van der Waals surface area contributed by atoms with E-state index in [1.807, 2.05) is 4.90 Å². The average Bonchev–Trinajstić information content (AvgIpc) is 2.30. The normalized spacial score (nSPS) is 24.4. The molecule has 0 bridgehead atoms. The molecular weight excluding hydrogens is 248 g/mol. The summed E-state index contributed by atoms with van der Waals surface area (Å²) in [4.78, 5) is 14.1. The van der Waals surface area contributed by atoms with Crippen LogP contribution >= 0.6 is 0 Å². The van der Waals surface area contributed by atoms with Gasteiger partial charge in [-0.1, -0.05) is 13.8 Å². The van der Waals surface area contributed by atoms with Crippen LogP contribution in [0, 0.1) is 23.5 Å². The first kappa shape index (κ1) is 14.1. The molecule has 2 rings (SSSR count). The quantitative estimate of drug-likeness (QED) is 0.784. The fourth-order valence-electron chi connectivity index (χ4n) is 2.92. The molecule has 1 saturated heterocycles. The van der Waals surface area contributed by atoms with Crippen LogP contribution in [-0.4, -0.2) is 30.3 Å². The molecule has 0 aliphatic carbocycles. The Balaban J connectivity index is 2.06. The molecule has 0 N–H and O–H groups in total. The van der Waals surface area contributed by atoms with Crippen molar-refractivity contribution in [2.75, 3.05) is 19.6 Å². The fourth-order valence-corrected chi connectivity index (χ4v) is 2.92. The van der Waals surface area contributed by atoms with Crippen molar-refractivity contribution in [2.24, 2.45) is 11.8 Å². The van der Waals surface area contributed by atoms with Gasteiger partial charge in [0.2, 0.25) is 0 Å². The zero-order valence-corrected chi connectivity index (χ0v) is 11.3. The van der Waals surface area contributed by atoms with Crippen molar-refractivity contribution in [3.63, 3.8) is 0 Å². The van der Waals surface area contributed by atoms with E-state index in [9.17, 15) is 13.6 Å². The molecule has 104 valence electrons. The molecule has 0 saturated carbocycles. The third-order valence-electron chi connectivity index (χ3n) is 3.54. The van der Waals surface area contributed by atoms with Crippen LogP contribution in [0.15, 0.2) is 18.2 Å². The molecular formula is C15H19F2NO. The van der Waals surface area contributed by atoms with Gasteiger partial charge in [-0.25, -0.2) is 8.78 Å². The highest BCUT2D eigenvalue weighted by Gasteiger charge is 2.24. The van der Waals surface area contributed by atoms with Crippen molar-refractivity contribution < 1.29 is 13.6 Å². The number of hydrogen-bond donors (Lipinski definition) is 0. The van der Waals surface area contributed by atoms with E-state index in [-0.39, 0.29) is 17.9 Å². The Hall–Kier alpha value is -1.29. The maximum Gasteiger partial charge on any atom is 0.179 e. The van der Waals surface area contributed by atoms with Crippen LogP contribution < -0.4 is 0 Å². The summed E-state index contributed by atoms with van der Waals surface area (Å²) in [5.41, 5.74) is -0.147. The molecule has 1 aromatic rings. The standard InChI is InChI=1S/C15H19F2NO/c1-10-5-11(2)8-18(7-10)9-15(19)13-6-12(16)3-4-14(13)17/h3-4,6,10-11H,5,7-9H2,1-2H3. The van der Waals surface area contributed by atoms with Crippen molar-refractivity contribution in [1.82, 2.24) is 4.90 Å². The summed E-state index contributed by atoms with van der Waals surface area (Å²) in [7, 11) is 0. The predicted molar refractivity (Wildman–Crippen MR) is 70.1 cm³/mol. The van der Waals surface area contributed by atoms with E-state index in [2.05, 4.69) is 13.8 Å². The first-order chi connectivity index (χ1) is 8.95. The molecule has 2 unspecified atom stereocenters. The maximum atomic E-state index is 13.5. The van der Waals surface area contributed by atoms with Crippen LogP contribution in [0.2, 0.25) is 0 Å². The van der Waals surface area contributed by atoms with Crippen molar-refractivity contribution in [2.45, 2.75) is 20.3 Å². The van der Waals surface area contributed by atoms with Crippen molar-refractivity contribution in [3.05, 3.63) is 35.4 Å². The topological polar surface area (TPSA) is 20.3 Å². The van der Waals surface area contributed by atoms with Gasteiger partial charge in [0, 0.05) is 13.1 Å². The van der Waals surface area contributed by atoms with Gasteiger partial charge >= 0.3 is 0 Å². The molecule has 0 spiro atoms. The number of carbonyl (C=O) groups excluding carboxylic acids is 1. The van der Waals surface area contributed by atoms with E-state index >= 15 is 0 Å². The van der Waals surface area contributed by atoms with E-state index in [0.717, 1.165) is 37.7 Å². The van der Waals surface area contributed by atoms with E-state index in [0.29, 0.717) is 11.8 Å². The molecule has 0 amide bonds. The third-order valence-corrected chi connectivity index (χ3v) is 3.54. The first-order valence-electron chi connectivity index (χ1n) is 6.66. The summed E-state index contributed by atoms with van der Waals surface area (Å²) in [6.45, 7) is 6.14. The van der Waals surface area contributed by atoms with Crippen LogP contribution in [0.5, 0.6) is 0 Å². The predicted octanol–water partition coefficient (Wildman–Crippen LogP) is 3.13. The van der Waals surface area contributed by atoms with Crippen LogP contribution in [0.1, 0.15) is 30.6 Å². The lowest BCUT2D eigenvalue weighted by atomic mass is 9.91. The largest absolute Gasteiger partial charge is 0.295 e. The van der Waals surface area contributed by atoms with E-state index in [1.165, 1.54) is 0 Å². The number of Topliss-reactive ketones (excluding diaryl/α,β-unsaturated/α-hetero) is 1. The number of carbonyl (C=O) groups is 1. The van der Waals surface area contributed by atoms with Gasteiger partial charge < -0.3 is 0 Å². The summed E-state index contributed by atoms with van der Waals surface area (Å²) in [6, 6.07) is 3.01. The molecule has 1 aromatic carbocycles. The molecule has 1 aliphatic heterocycles. The number of hydrogen-bond acceptors (Lipinski definition) is 2. The first-order valence-corrected chi connectivity index (χ1v) is 6.66. The van der Waals surface area contributed by atoms with Gasteiger partial charge in [-0.15, -0.1) is 0 Å². The summed E-state index contributed by atoms with van der Waals surface area (Å²) < 4.78 is 26.6. The van der Waals surface area contributed by atoms with Crippen LogP contribution in [0.3, 0.4) is 0 Å². The fraction of sp³-hybridized carbons (Fsp3) is 0.533. The van der Waals surface area contributed by atoms with Gasteiger partial charge in [-0.2, -0.15) is 0 Å². The van der Waals surface area contributed by atoms with Gasteiger partial charge in [0.05, 0.1) is 12.1 Å². The number of nitrogens with zero attached hydrogens (tertiary/aromatic N) is 1. The molecule has 0 radical (unpaired) electrons. The maximum absolute atomic E-state index is 13.5. The summed E-state index contributed by atoms with van der Waals surface area (Å²) in [5, 5.41) is 0. The highest BCUT2D eigenvalue weighted by Crippen LogP contribution is 2.21. The van der Waals surface area contributed by atoms with Crippen LogP contribution in [0.4, 0.5) is 8.78 Å². The third kappa shape index (κ3) is 3.60. The highest BCUT2D eigenvalue weighted by atomic mass is 19.1. The Kier molecular flexibility index (Phi) is 4.30. The Morgan fingerprint density at radius 3 is 2.53 bits per heavy atom. The van der Waals surface area contributed by atoms with Gasteiger partial charge in [-0.05, 0) is 36.5 Å². The minimum Gasteiger partial charge on any atom is -0.295 e. The van der Waals surface area contributed by atoms with Crippen molar-refractivity contribution in [3.8, 4) is 0 Å². The second kappa shape index (κ2) is 5.78. The highest BCUT2D eigenvalue weighted by molar-refractivity contribution is 5.97. The van der Waals surface area contributed by atoms with Gasteiger partial charge in [0.25, 0.3) is 0 Å². The SMILES string of the molecule is CC1CC(C)CN(CC(=O)c2cc(F)ccc2F)C1. The molecule has 1 heterocycles. The number of ketones is 1. The molecule has 1 fully saturated rings. The molecule has 19 heavy (non-hydrogen) atoms. The summed E-state index contributed by atoms with van der Waals surface area (Å²) in [5.74, 6) is -0.504. The lowest BCUT2D eigenvalue weighted by Crippen LogP contribution is -2.41. The lowest BCUT2D eigenvalue weighted by Gasteiger charge is -2.34. The number of benzene rings is 1. The Bertz CT molecular complexity index is 465. The molecule has 2 nitrogen and oxygen atoms in total. The zero-order valence-electron chi connectivity index (χ0n) is 11.3. The van der Waals surface area contributed by atoms with Crippen molar-refractivity contribution in [1.29, 1.82) is 0 Å². The molecule has 4 heteroatoms. The van der Waals surface area contributed by atoms with Gasteiger partial charge in [0.1, 0.15) is 11.6 Å². The second-order valence-corrected chi connectivity index (χ2v) is 5.69. The van der Waals surface area contributed by atoms with Crippen LogP contribution in [-0.2, 0) is 0 Å². The van der Waals surface area contributed by atoms with E-state index < -0.39 is 11.6 Å². The molecule has 1 aliphatic rings. The van der Waals surface area contributed by atoms with Crippen molar-refractivity contribution >= 4 is 5.78 Å². The molecule has 2 atom stereocenters. The minimum absolute atomic E-state index is 0.147. The average molecular weight is 267 g/mol. The molecule has 0 aromatic heterocycles. The van der Waals surface area contributed by atoms with Gasteiger partial charge in [-0.3, -0.25) is 9.69 Å². The van der Waals surface area contributed by atoms with Gasteiger partial charge in [0.15, 0.2) is 5.78 Å². The van der Waals surface area contributed by atoms with E-state index in [4.69, 9.17) is 0 Å². The lowest BCUT2D eigenvalue weighted by molar-refractivity contribution is 0.0845. The summed E-state index contributed by atoms with van der Waals surface area (Å²) in [6.07, 6.45) is 1.15. The number of halogens is 2. The monoisotopic (exact) mass is 267 g/mol. The Morgan fingerprint density at radius 2 is 1.89 bits per heavy atom. The smallest absolute Gasteiger partial charge is 0.179 e. The minimum atomic E-state index is -0.649. The van der Waals surface area contributed by atoms with E-state index in [1.54, 1.807) is 0 Å². The Morgan fingerprint density at radius 1 is 1.26 bits per heavy atom. The number of likely N-dealkylation sites (tertiary alicyclic amines) is 1. The number of rotatable bonds is 3. The van der Waals surface area contributed by atoms with Crippen LogP contribution in [0.25, 0.3) is 0 Å². The number of piperidine rings is 1. The second-order valence-electron chi connectivity index (χ2n) is 5.69. The Labute approximate surface area is 112 Å².